The summed E-state index contributed by atoms with van der Waals surface area (Å²) in [4.78, 5) is 2.00. The Kier molecular flexibility index (Phi) is 2.16. The fourth-order valence-electron chi connectivity index (χ4n) is 0.129. The molecular formula is C6H14N2. The summed E-state index contributed by atoms with van der Waals surface area (Å²) in [6.45, 7) is 4.00. The maximum absolute atomic E-state index is 6.97. The van der Waals surface area contributed by atoms with E-state index in [9.17, 15) is 0 Å². The van der Waals surface area contributed by atoms with Gasteiger partial charge in [-0.15, -0.1) is 0 Å². The molecule has 0 bridgehead atoms. The van der Waals surface area contributed by atoms with Crippen molar-refractivity contribution in [1.29, 1.82) is 5.41 Å². The smallest absolute Gasteiger partial charge is 0.0494 e. The van der Waals surface area contributed by atoms with E-state index in [0.29, 0.717) is 0 Å². The first-order valence-electron chi connectivity index (χ1n) is 2.70. The molecule has 0 rings (SSSR count). The molecule has 0 saturated heterocycles. The van der Waals surface area contributed by atoms with E-state index in [1.807, 2.05) is 32.8 Å². The van der Waals surface area contributed by atoms with Gasteiger partial charge >= 0.3 is 0 Å². The molecule has 0 aliphatic heterocycles. The van der Waals surface area contributed by atoms with E-state index in [1.54, 1.807) is 0 Å². The summed E-state index contributed by atoms with van der Waals surface area (Å²) in [5.41, 5.74) is -0.0833. The number of hydrogen-bond acceptors (Lipinski definition) is 2. The van der Waals surface area contributed by atoms with Gasteiger partial charge in [0.1, 0.15) is 0 Å². The van der Waals surface area contributed by atoms with E-state index in [1.165, 1.54) is 6.21 Å². The molecule has 8 heavy (non-hydrogen) atoms. The number of hydrogen-bond donors (Lipinski definition) is 1. The molecule has 0 aromatic heterocycles. The zero-order valence-electron chi connectivity index (χ0n) is 6.02. The van der Waals surface area contributed by atoms with Gasteiger partial charge in [0.25, 0.3) is 0 Å². The average Bonchev–Trinajstić information content (AvgIpc) is 1.67. The van der Waals surface area contributed by atoms with Crippen molar-refractivity contribution >= 4 is 6.21 Å². The summed E-state index contributed by atoms with van der Waals surface area (Å²) in [5, 5.41) is 6.97. The van der Waals surface area contributed by atoms with Gasteiger partial charge in [0.2, 0.25) is 0 Å². The molecule has 0 unspecified atom stereocenters. The number of nitrogens with zero attached hydrogens (tertiary/aromatic N) is 1. The van der Waals surface area contributed by atoms with Gasteiger partial charge in [-0.1, -0.05) is 0 Å². The van der Waals surface area contributed by atoms with Crippen LogP contribution in [0.1, 0.15) is 13.8 Å². The van der Waals surface area contributed by atoms with Crippen LogP contribution in [0.15, 0.2) is 0 Å². The standard InChI is InChI=1S/C6H14N2/c1-6(2,5-7)8(3)4/h5,7H,1-4H3. The van der Waals surface area contributed by atoms with Crippen LogP contribution < -0.4 is 0 Å². The summed E-state index contributed by atoms with van der Waals surface area (Å²) >= 11 is 0. The number of nitrogens with one attached hydrogen (secondary N) is 1. The molecule has 0 aromatic carbocycles. The Morgan fingerprint density at radius 3 is 1.75 bits per heavy atom. The van der Waals surface area contributed by atoms with Crippen molar-refractivity contribution in [3.8, 4) is 0 Å². The first-order chi connectivity index (χ1) is 3.50. The van der Waals surface area contributed by atoms with Gasteiger partial charge in [-0.25, -0.2) is 0 Å². The third-order valence-electron chi connectivity index (χ3n) is 1.51. The molecule has 0 aliphatic carbocycles. The lowest BCUT2D eigenvalue weighted by Gasteiger charge is -2.27. The van der Waals surface area contributed by atoms with Crippen LogP contribution in [0.2, 0.25) is 0 Å². The average molecular weight is 114 g/mol. The van der Waals surface area contributed by atoms with Crippen LogP contribution in [-0.2, 0) is 0 Å². The molecule has 0 spiro atoms. The van der Waals surface area contributed by atoms with Crippen molar-refractivity contribution in [2.75, 3.05) is 14.1 Å². The Hall–Kier alpha value is -0.370. The highest BCUT2D eigenvalue weighted by atomic mass is 15.1. The van der Waals surface area contributed by atoms with E-state index >= 15 is 0 Å². The SMILES string of the molecule is CN(C)C(C)(C)C=N. The largest absolute Gasteiger partial charge is 0.311 e. The van der Waals surface area contributed by atoms with Crippen molar-refractivity contribution in [3.63, 3.8) is 0 Å². The summed E-state index contributed by atoms with van der Waals surface area (Å²) in [7, 11) is 3.93. The third kappa shape index (κ3) is 1.62. The molecule has 0 aromatic rings. The minimum atomic E-state index is -0.0833. The first-order valence-corrected chi connectivity index (χ1v) is 2.70. The van der Waals surface area contributed by atoms with Gasteiger partial charge in [0, 0.05) is 11.8 Å². The first kappa shape index (κ1) is 7.63. The van der Waals surface area contributed by atoms with E-state index < -0.39 is 0 Å². The molecule has 1 N–H and O–H groups in total. The minimum Gasteiger partial charge on any atom is -0.311 e. The van der Waals surface area contributed by atoms with Crippen molar-refractivity contribution in [2.45, 2.75) is 19.4 Å². The highest BCUT2D eigenvalue weighted by molar-refractivity contribution is 5.65. The third-order valence-corrected chi connectivity index (χ3v) is 1.51. The zero-order chi connectivity index (χ0) is 6.78. The van der Waals surface area contributed by atoms with Gasteiger partial charge in [-0.2, -0.15) is 0 Å². The molecular weight excluding hydrogens is 100 g/mol. The normalized spacial score (nSPS) is 12.1. The molecule has 0 aliphatic rings. The summed E-state index contributed by atoms with van der Waals surface area (Å²) in [6.07, 6.45) is 1.44. The molecule has 0 radical (unpaired) electrons. The minimum absolute atomic E-state index is 0.0833. The second-order valence-corrected chi connectivity index (χ2v) is 2.69. The molecule has 0 atom stereocenters. The van der Waals surface area contributed by atoms with E-state index in [4.69, 9.17) is 5.41 Å². The second kappa shape index (κ2) is 2.27. The lowest BCUT2D eigenvalue weighted by Crippen LogP contribution is -2.39. The van der Waals surface area contributed by atoms with Crippen molar-refractivity contribution in [1.82, 2.24) is 4.90 Å². The van der Waals surface area contributed by atoms with Gasteiger partial charge in [0.15, 0.2) is 0 Å². The molecule has 2 heteroatoms. The van der Waals surface area contributed by atoms with Gasteiger partial charge in [0.05, 0.1) is 0 Å². The Balaban J connectivity index is 3.90. The lowest BCUT2D eigenvalue weighted by molar-refractivity contribution is 0.279. The fraction of sp³-hybridized carbons (Fsp3) is 0.833. The zero-order valence-corrected chi connectivity index (χ0v) is 6.02. The maximum atomic E-state index is 6.97. The predicted octanol–water partition coefficient (Wildman–Crippen LogP) is 0.976. The Labute approximate surface area is 51.0 Å². The van der Waals surface area contributed by atoms with E-state index in [0.717, 1.165) is 0 Å². The highest BCUT2D eigenvalue weighted by Crippen LogP contribution is 2.03. The monoisotopic (exact) mass is 114 g/mol. The molecule has 0 heterocycles. The topological polar surface area (TPSA) is 27.1 Å². The van der Waals surface area contributed by atoms with Crippen LogP contribution >= 0.6 is 0 Å². The maximum Gasteiger partial charge on any atom is 0.0494 e. The van der Waals surface area contributed by atoms with Crippen LogP contribution in [0.3, 0.4) is 0 Å². The van der Waals surface area contributed by atoms with Crippen molar-refractivity contribution in [3.05, 3.63) is 0 Å². The Morgan fingerprint density at radius 1 is 1.38 bits per heavy atom. The summed E-state index contributed by atoms with van der Waals surface area (Å²) < 4.78 is 0. The molecule has 0 saturated carbocycles. The van der Waals surface area contributed by atoms with E-state index in [-0.39, 0.29) is 5.54 Å². The van der Waals surface area contributed by atoms with Crippen molar-refractivity contribution < 1.29 is 0 Å². The predicted molar refractivity (Wildman–Crippen MR) is 36.5 cm³/mol. The highest BCUT2D eigenvalue weighted by Gasteiger charge is 2.15. The second-order valence-electron chi connectivity index (χ2n) is 2.69. The molecule has 48 valence electrons. The quantitative estimate of drug-likeness (QED) is 0.532. The lowest BCUT2D eigenvalue weighted by atomic mass is 10.1. The van der Waals surface area contributed by atoms with E-state index in [2.05, 4.69) is 0 Å². The van der Waals surface area contributed by atoms with Crippen LogP contribution in [0.5, 0.6) is 0 Å². The van der Waals surface area contributed by atoms with Crippen LogP contribution in [-0.4, -0.2) is 30.7 Å². The molecule has 0 amide bonds. The fourth-order valence-corrected chi connectivity index (χ4v) is 0.129. The summed E-state index contributed by atoms with van der Waals surface area (Å²) in [5.74, 6) is 0. The van der Waals surface area contributed by atoms with Crippen LogP contribution in [0.4, 0.5) is 0 Å². The number of rotatable bonds is 2. The molecule has 2 nitrogen and oxygen atoms in total. The van der Waals surface area contributed by atoms with Crippen LogP contribution in [0.25, 0.3) is 0 Å². The van der Waals surface area contributed by atoms with Gasteiger partial charge in [-0.3, -0.25) is 4.90 Å². The van der Waals surface area contributed by atoms with Crippen molar-refractivity contribution in [2.24, 2.45) is 0 Å². The molecule has 0 fully saturated rings. The van der Waals surface area contributed by atoms with Gasteiger partial charge in [-0.05, 0) is 27.9 Å². The Bertz CT molecular complexity index is 84.5. The summed E-state index contributed by atoms with van der Waals surface area (Å²) in [6, 6.07) is 0. The van der Waals surface area contributed by atoms with Crippen LogP contribution in [0, 0.1) is 5.41 Å². The Morgan fingerprint density at radius 2 is 1.75 bits per heavy atom. The van der Waals surface area contributed by atoms with Gasteiger partial charge < -0.3 is 5.41 Å².